The summed E-state index contributed by atoms with van der Waals surface area (Å²) in [6.07, 6.45) is 0.951. The van der Waals surface area contributed by atoms with Crippen LogP contribution in [0.5, 0.6) is 0 Å². The summed E-state index contributed by atoms with van der Waals surface area (Å²) in [5.74, 6) is -2.75. The van der Waals surface area contributed by atoms with Gasteiger partial charge in [-0.1, -0.05) is 12.1 Å². The Labute approximate surface area is 136 Å². The summed E-state index contributed by atoms with van der Waals surface area (Å²) in [4.78, 5) is 19.4. The van der Waals surface area contributed by atoms with E-state index in [4.69, 9.17) is 5.11 Å². The van der Waals surface area contributed by atoms with Gasteiger partial charge in [0, 0.05) is 18.3 Å². The Morgan fingerprint density at radius 2 is 1.88 bits per heavy atom. The zero-order valence-electron chi connectivity index (χ0n) is 12.5. The molecule has 1 heterocycles. The molecule has 1 aliphatic carbocycles. The quantitative estimate of drug-likeness (QED) is 0.734. The molecule has 0 unspecified atom stereocenters. The molecule has 3 atom stereocenters. The van der Waals surface area contributed by atoms with Crippen LogP contribution < -0.4 is 5.32 Å². The van der Waals surface area contributed by atoms with Gasteiger partial charge in [-0.3, -0.25) is 9.97 Å². The number of hydrogen-bond donors (Lipinski definition) is 3. The molecule has 0 bridgehead atoms. The number of rotatable bonds is 2. The van der Waals surface area contributed by atoms with E-state index in [9.17, 15) is 18.7 Å². The Morgan fingerprint density at radius 1 is 1.17 bits per heavy atom. The van der Waals surface area contributed by atoms with Crippen LogP contribution >= 0.6 is 0 Å². The number of benzene rings is 1. The van der Waals surface area contributed by atoms with E-state index in [1.54, 1.807) is 0 Å². The van der Waals surface area contributed by atoms with Gasteiger partial charge in [0.2, 0.25) is 0 Å². The topological polar surface area (TPSA) is 95.3 Å². The van der Waals surface area contributed by atoms with Crippen molar-refractivity contribution < 1.29 is 23.8 Å². The Bertz CT molecular complexity index is 772. The predicted molar refractivity (Wildman–Crippen MR) is 79.2 cm³/mol. The lowest BCUT2D eigenvalue weighted by Crippen LogP contribution is -2.32. The molecule has 0 aliphatic heterocycles. The largest absolute Gasteiger partial charge is 0.465 e. The predicted octanol–water partition coefficient (Wildman–Crippen LogP) is 2.67. The standard InChI is InChI=1S/C16H15F2N3O3/c17-10-3-1-2-8(12(10)18)9-4-5-11(22)14-15(20-7-6-19-14)13(9)21-16(23)24/h1-3,6-7,9,11,13,21-22H,4-5H2,(H,23,24)/t9-,11-,13-/m0/s1. The second kappa shape index (κ2) is 6.48. The molecule has 126 valence electrons. The zero-order valence-corrected chi connectivity index (χ0v) is 12.5. The number of aliphatic hydroxyl groups is 1. The number of nitrogens with zero attached hydrogens (tertiary/aromatic N) is 2. The second-order valence-electron chi connectivity index (χ2n) is 5.60. The minimum Gasteiger partial charge on any atom is -0.465 e. The van der Waals surface area contributed by atoms with E-state index >= 15 is 0 Å². The third kappa shape index (κ3) is 2.92. The monoisotopic (exact) mass is 335 g/mol. The summed E-state index contributed by atoms with van der Waals surface area (Å²) in [6, 6.07) is 2.83. The maximum absolute atomic E-state index is 14.3. The van der Waals surface area contributed by atoms with E-state index in [1.165, 1.54) is 24.5 Å². The van der Waals surface area contributed by atoms with Crippen LogP contribution in [0.1, 0.15) is 47.9 Å². The fourth-order valence-electron chi connectivity index (χ4n) is 3.13. The molecule has 3 N–H and O–H groups in total. The molecule has 1 aliphatic rings. The number of aromatic nitrogens is 2. The van der Waals surface area contributed by atoms with Crippen LogP contribution in [0.3, 0.4) is 0 Å². The highest BCUT2D eigenvalue weighted by Crippen LogP contribution is 2.42. The van der Waals surface area contributed by atoms with Crippen molar-refractivity contribution in [1.29, 1.82) is 0 Å². The van der Waals surface area contributed by atoms with Gasteiger partial charge >= 0.3 is 6.09 Å². The highest BCUT2D eigenvalue weighted by Gasteiger charge is 2.36. The minimum absolute atomic E-state index is 0.0412. The van der Waals surface area contributed by atoms with Crippen LogP contribution in [-0.4, -0.2) is 26.3 Å². The first kappa shape index (κ1) is 16.3. The lowest BCUT2D eigenvalue weighted by atomic mass is 9.86. The van der Waals surface area contributed by atoms with Crippen molar-refractivity contribution in [2.24, 2.45) is 0 Å². The van der Waals surface area contributed by atoms with Crippen LogP contribution in [0.15, 0.2) is 30.6 Å². The van der Waals surface area contributed by atoms with Crippen LogP contribution in [-0.2, 0) is 0 Å². The Morgan fingerprint density at radius 3 is 2.58 bits per heavy atom. The number of aliphatic hydroxyl groups excluding tert-OH is 1. The van der Waals surface area contributed by atoms with Crippen molar-refractivity contribution in [1.82, 2.24) is 15.3 Å². The maximum atomic E-state index is 14.3. The highest BCUT2D eigenvalue weighted by atomic mass is 19.2. The fraction of sp³-hybridized carbons (Fsp3) is 0.312. The Hall–Kier alpha value is -2.61. The number of carbonyl (C=O) groups is 1. The SMILES string of the molecule is O=C(O)N[C@@H]1c2nccnc2[C@@H](O)CC[C@H]1c1cccc(F)c1F. The molecule has 6 nitrogen and oxygen atoms in total. The summed E-state index contributed by atoms with van der Waals surface area (Å²) in [5.41, 5.74) is 0.508. The van der Waals surface area contributed by atoms with Gasteiger partial charge in [0.1, 0.15) is 0 Å². The van der Waals surface area contributed by atoms with E-state index in [2.05, 4.69) is 15.3 Å². The van der Waals surface area contributed by atoms with Crippen molar-refractivity contribution in [2.75, 3.05) is 0 Å². The van der Waals surface area contributed by atoms with Gasteiger partial charge in [0.25, 0.3) is 0 Å². The van der Waals surface area contributed by atoms with Gasteiger partial charge < -0.3 is 15.5 Å². The number of halogens is 2. The summed E-state index contributed by atoms with van der Waals surface area (Å²) < 4.78 is 27.9. The second-order valence-corrected chi connectivity index (χ2v) is 5.60. The van der Waals surface area contributed by atoms with E-state index in [0.717, 1.165) is 6.07 Å². The van der Waals surface area contributed by atoms with Gasteiger partial charge in [0.05, 0.1) is 23.5 Å². The van der Waals surface area contributed by atoms with Gasteiger partial charge in [-0.2, -0.15) is 0 Å². The first-order chi connectivity index (χ1) is 11.5. The number of nitrogens with one attached hydrogen (secondary N) is 1. The average molecular weight is 335 g/mol. The summed E-state index contributed by atoms with van der Waals surface area (Å²) >= 11 is 0. The number of hydrogen-bond acceptors (Lipinski definition) is 4. The molecular formula is C16H15F2N3O3. The van der Waals surface area contributed by atoms with Crippen LogP contribution in [0.25, 0.3) is 0 Å². The third-order valence-corrected chi connectivity index (χ3v) is 4.18. The molecule has 1 aromatic heterocycles. The van der Waals surface area contributed by atoms with E-state index in [-0.39, 0.29) is 29.8 Å². The summed E-state index contributed by atoms with van der Waals surface area (Å²) in [6.45, 7) is 0. The summed E-state index contributed by atoms with van der Waals surface area (Å²) in [5, 5.41) is 21.7. The molecule has 1 aromatic carbocycles. The molecule has 0 fully saturated rings. The fourth-order valence-corrected chi connectivity index (χ4v) is 3.13. The van der Waals surface area contributed by atoms with Gasteiger partial charge in [-0.05, 0) is 24.5 Å². The van der Waals surface area contributed by atoms with E-state index in [1.807, 2.05) is 0 Å². The van der Waals surface area contributed by atoms with Gasteiger partial charge in [0.15, 0.2) is 11.6 Å². The minimum atomic E-state index is -1.32. The maximum Gasteiger partial charge on any atom is 0.405 e. The van der Waals surface area contributed by atoms with Crippen molar-refractivity contribution in [2.45, 2.75) is 30.9 Å². The van der Waals surface area contributed by atoms with Gasteiger partial charge in [-0.15, -0.1) is 0 Å². The van der Waals surface area contributed by atoms with Gasteiger partial charge in [-0.25, -0.2) is 13.6 Å². The third-order valence-electron chi connectivity index (χ3n) is 4.18. The molecule has 0 saturated carbocycles. The molecule has 3 rings (SSSR count). The highest BCUT2D eigenvalue weighted by molar-refractivity contribution is 5.65. The summed E-state index contributed by atoms with van der Waals surface area (Å²) in [7, 11) is 0. The van der Waals surface area contributed by atoms with Crippen molar-refractivity contribution in [3.8, 4) is 0 Å². The molecular weight excluding hydrogens is 320 g/mol. The van der Waals surface area contributed by atoms with E-state index in [0.29, 0.717) is 0 Å². The normalized spacial score (nSPS) is 23.2. The lowest BCUT2D eigenvalue weighted by Gasteiger charge is -2.26. The van der Waals surface area contributed by atoms with Crippen molar-refractivity contribution in [3.63, 3.8) is 0 Å². The lowest BCUT2D eigenvalue weighted by molar-refractivity contribution is 0.159. The number of fused-ring (bicyclic) bond motifs is 1. The van der Waals surface area contributed by atoms with Crippen molar-refractivity contribution in [3.05, 3.63) is 59.2 Å². The van der Waals surface area contributed by atoms with Crippen molar-refractivity contribution >= 4 is 6.09 Å². The smallest absolute Gasteiger partial charge is 0.405 e. The average Bonchev–Trinajstić information content (AvgIpc) is 2.69. The Kier molecular flexibility index (Phi) is 4.39. The first-order valence-electron chi connectivity index (χ1n) is 7.41. The molecule has 0 saturated heterocycles. The number of carboxylic acid groups (broad SMARTS) is 1. The molecule has 2 aromatic rings. The molecule has 0 radical (unpaired) electrons. The number of amides is 1. The molecule has 0 spiro atoms. The zero-order chi connectivity index (χ0) is 17.3. The molecule has 24 heavy (non-hydrogen) atoms. The Balaban J connectivity index is 2.14. The molecule has 8 heteroatoms. The van der Waals surface area contributed by atoms with Crippen LogP contribution in [0.2, 0.25) is 0 Å². The first-order valence-corrected chi connectivity index (χ1v) is 7.41. The van der Waals surface area contributed by atoms with Crippen LogP contribution in [0.4, 0.5) is 13.6 Å². The molecule has 1 amide bonds. The van der Waals surface area contributed by atoms with Crippen LogP contribution in [0, 0.1) is 11.6 Å². The van der Waals surface area contributed by atoms with E-state index < -0.39 is 35.8 Å².